The smallest absolute Gasteiger partial charge is 0.167 e. The Balaban J connectivity index is 1.79. The first-order valence-electron chi connectivity index (χ1n) is 13.0. The topological polar surface area (TPSA) is 46.2 Å². The molecule has 0 amide bonds. The summed E-state index contributed by atoms with van der Waals surface area (Å²) >= 11 is 0. The maximum Gasteiger partial charge on any atom is 0.167 e. The Bertz CT molecular complexity index is 1240. The number of ether oxygens (including phenoxy) is 5. The van der Waals surface area contributed by atoms with Gasteiger partial charge in [-0.25, -0.2) is 0 Å². The van der Waals surface area contributed by atoms with Gasteiger partial charge in [0.15, 0.2) is 11.5 Å². The van der Waals surface area contributed by atoms with Crippen molar-refractivity contribution in [1.82, 2.24) is 0 Å². The molecule has 0 saturated heterocycles. The fourth-order valence-electron chi connectivity index (χ4n) is 4.67. The highest BCUT2D eigenvalue weighted by atomic mass is 16.6. The summed E-state index contributed by atoms with van der Waals surface area (Å²) in [6.45, 7) is 5.25. The van der Waals surface area contributed by atoms with Crippen molar-refractivity contribution in [3.8, 4) is 11.5 Å². The predicted octanol–water partition coefficient (Wildman–Crippen LogP) is 6.80. The standard InChI is InChI=1S/C34H36O5/c1-4-23-37-25-30(38-24-27-15-8-5-9-16-27)26-39-34(28-17-10-6-11-18-28,29-19-12-7-13-20-29)31-21-14-22-32(35-2)33(31)36-3/h4-22,30H,1,23-26H2,2-3H3. The van der Waals surface area contributed by atoms with Gasteiger partial charge in [-0.3, -0.25) is 0 Å². The lowest BCUT2D eigenvalue weighted by Crippen LogP contribution is -2.38. The minimum absolute atomic E-state index is 0.258. The number of hydrogen-bond donors (Lipinski definition) is 0. The van der Waals surface area contributed by atoms with Crippen molar-refractivity contribution in [2.24, 2.45) is 0 Å². The third-order valence-corrected chi connectivity index (χ3v) is 6.50. The molecule has 0 saturated carbocycles. The summed E-state index contributed by atoms with van der Waals surface area (Å²) in [6, 6.07) is 36.3. The lowest BCUT2D eigenvalue weighted by Gasteiger charge is -2.38. The molecule has 0 aliphatic heterocycles. The van der Waals surface area contributed by atoms with Gasteiger partial charge in [-0.2, -0.15) is 0 Å². The molecule has 4 rings (SSSR count). The molecule has 0 aromatic heterocycles. The highest BCUT2D eigenvalue weighted by Crippen LogP contribution is 2.47. The van der Waals surface area contributed by atoms with Crippen LogP contribution in [0.25, 0.3) is 0 Å². The number of benzene rings is 4. The van der Waals surface area contributed by atoms with E-state index in [1.807, 2.05) is 84.9 Å². The summed E-state index contributed by atoms with van der Waals surface area (Å²) in [4.78, 5) is 0. The molecule has 1 unspecified atom stereocenters. The molecule has 0 aliphatic carbocycles. The second kappa shape index (κ2) is 14.3. The van der Waals surface area contributed by atoms with E-state index in [9.17, 15) is 0 Å². The number of para-hydroxylation sites is 1. The van der Waals surface area contributed by atoms with Crippen molar-refractivity contribution in [2.75, 3.05) is 34.0 Å². The zero-order valence-electron chi connectivity index (χ0n) is 22.6. The van der Waals surface area contributed by atoms with Gasteiger partial charge in [-0.1, -0.05) is 109 Å². The largest absolute Gasteiger partial charge is 0.493 e. The molecule has 0 radical (unpaired) electrons. The summed E-state index contributed by atoms with van der Waals surface area (Å²) in [6.07, 6.45) is 1.39. The number of rotatable bonds is 15. The molecule has 4 aromatic carbocycles. The lowest BCUT2D eigenvalue weighted by molar-refractivity contribution is -0.0946. The first kappa shape index (κ1) is 28.1. The van der Waals surface area contributed by atoms with E-state index >= 15 is 0 Å². The quantitative estimate of drug-likeness (QED) is 0.0972. The SMILES string of the molecule is C=CCOCC(COC(c1ccccc1)(c1ccccc1)c1cccc(OC)c1OC)OCc1ccccc1. The van der Waals surface area contributed by atoms with Crippen molar-refractivity contribution in [2.45, 2.75) is 18.3 Å². The average molecular weight is 525 g/mol. The Labute approximate surface area is 231 Å². The summed E-state index contributed by atoms with van der Waals surface area (Å²) in [5.41, 5.74) is 2.80. The molecule has 0 fully saturated rings. The van der Waals surface area contributed by atoms with Crippen LogP contribution >= 0.6 is 0 Å². The maximum absolute atomic E-state index is 7.04. The minimum atomic E-state index is -1.02. The second-order valence-corrected chi connectivity index (χ2v) is 9.01. The van der Waals surface area contributed by atoms with Crippen molar-refractivity contribution in [3.05, 3.63) is 144 Å². The van der Waals surface area contributed by atoms with E-state index in [0.717, 1.165) is 22.3 Å². The molecule has 0 aliphatic rings. The second-order valence-electron chi connectivity index (χ2n) is 9.01. The van der Waals surface area contributed by atoms with Gasteiger partial charge in [0.05, 0.1) is 40.6 Å². The molecule has 4 aromatic rings. The monoisotopic (exact) mass is 524 g/mol. The normalized spacial score (nSPS) is 12.1. The summed E-state index contributed by atoms with van der Waals surface area (Å²) in [7, 11) is 3.29. The average Bonchev–Trinajstić information content (AvgIpc) is 3.01. The van der Waals surface area contributed by atoms with Gasteiger partial charge in [0.2, 0.25) is 0 Å². The van der Waals surface area contributed by atoms with Crippen LogP contribution < -0.4 is 9.47 Å². The molecule has 39 heavy (non-hydrogen) atoms. The molecule has 1 atom stereocenters. The highest BCUT2D eigenvalue weighted by Gasteiger charge is 2.41. The highest BCUT2D eigenvalue weighted by molar-refractivity contribution is 5.57. The molecule has 0 heterocycles. The van der Waals surface area contributed by atoms with Crippen LogP contribution in [0.2, 0.25) is 0 Å². The van der Waals surface area contributed by atoms with Crippen LogP contribution in [-0.4, -0.2) is 40.1 Å². The van der Waals surface area contributed by atoms with E-state index < -0.39 is 5.60 Å². The van der Waals surface area contributed by atoms with Crippen molar-refractivity contribution < 1.29 is 23.7 Å². The Morgan fingerprint density at radius 1 is 0.718 bits per heavy atom. The van der Waals surface area contributed by atoms with Crippen LogP contribution in [0.3, 0.4) is 0 Å². The third-order valence-electron chi connectivity index (χ3n) is 6.50. The zero-order chi connectivity index (χ0) is 27.3. The van der Waals surface area contributed by atoms with E-state index in [-0.39, 0.29) is 12.7 Å². The Morgan fingerprint density at radius 3 is 1.90 bits per heavy atom. The Morgan fingerprint density at radius 2 is 1.33 bits per heavy atom. The summed E-state index contributed by atoms with van der Waals surface area (Å²) in [5, 5.41) is 0. The van der Waals surface area contributed by atoms with Crippen molar-refractivity contribution >= 4 is 0 Å². The van der Waals surface area contributed by atoms with Gasteiger partial charge < -0.3 is 23.7 Å². The van der Waals surface area contributed by atoms with Crippen LogP contribution in [0.5, 0.6) is 11.5 Å². The third kappa shape index (κ3) is 6.76. The zero-order valence-corrected chi connectivity index (χ0v) is 22.6. The molecule has 0 spiro atoms. The van der Waals surface area contributed by atoms with Crippen LogP contribution in [0.1, 0.15) is 22.3 Å². The van der Waals surface area contributed by atoms with Gasteiger partial charge >= 0.3 is 0 Å². The van der Waals surface area contributed by atoms with Gasteiger partial charge in [0, 0.05) is 5.56 Å². The minimum Gasteiger partial charge on any atom is -0.493 e. The predicted molar refractivity (Wildman–Crippen MR) is 154 cm³/mol. The molecule has 0 N–H and O–H groups in total. The van der Waals surface area contributed by atoms with Crippen LogP contribution in [-0.2, 0) is 26.4 Å². The van der Waals surface area contributed by atoms with Gasteiger partial charge in [-0.05, 0) is 22.8 Å². The van der Waals surface area contributed by atoms with Gasteiger partial charge in [0.1, 0.15) is 11.7 Å². The maximum atomic E-state index is 7.04. The molecule has 5 nitrogen and oxygen atoms in total. The van der Waals surface area contributed by atoms with E-state index in [1.165, 1.54) is 0 Å². The van der Waals surface area contributed by atoms with E-state index in [2.05, 4.69) is 30.8 Å². The van der Waals surface area contributed by atoms with E-state index in [1.54, 1.807) is 20.3 Å². The Kier molecular flexibility index (Phi) is 10.3. The fraction of sp³-hybridized carbons (Fsp3) is 0.235. The summed E-state index contributed by atoms with van der Waals surface area (Å²) in [5.74, 6) is 1.23. The molecule has 0 bridgehead atoms. The van der Waals surface area contributed by atoms with Crippen molar-refractivity contribution in [3.63, 3.8) is 0 Å². The first-order valence-corrected chi connectivity index (χ1v) is 13.0. The lowest BCUT2D eigenvalue weighted by atomic mass is 9.79. The first-order chi connectivity index (χ1) is 19.2. The van der Waals surface area contributed by atoms with Crippen molar-refractivity contribution in [1.29, 1.82) is 0 Å². The molecular formula is C34H36O5. The Hall–Kier alpha value is -3.90. The fourth-order valence-corrected chi connectivity index (χ4v) is 4.67. The van der Waals surface area contributed by atoms with Crippen LogP contribution in [0.15, 0.2) is 122 Å². The van der Waals surface area contributed by atoms with E-state index in [0.29, 0.717) is 31.3 Å². The van der Waals surface area contributed by atoms with Crippen LogP contribution in [0, 0.1) is 0 Å². The molecular weight excluding hydrogens is 488 g/mol. The number of methoxy groups -OCH3 is 2. The van der Waals surface area contributed by atoms with Crippen LogP contribution in [0.4, 0.5) is 0 Å². The summed E-state index contributed by atoms with van der Waals surface area (Å²) < 4.78 is 30.8. The number of hydrogen-bond acceptors (Lipinski definition) is 5. The van der Waals surface area contributed by atoms with E-state index in [4.69, 9.17) is 23.7 Å². The molecule has 202 valence electrons. The van der Waals surface area contributed by atoms with Gasteiger partial charge in [-0.15, -0.1) is 6.58 Å². The molecule has 5 heteroatoms. The van der Waals surface area contributed by atoms with Gasteiger partial charge in [0.25, 0.3) is 0 Å².